The van der Waals surface area contributed by atoms with E-state index in [4.69, 9.17) is 0 Å². The maximum Gasteiger partial charge on any atom is 0.270 e. The summed E-state index contributed by atoms with van der Waals surface area (Å²) < 4.78 is 0. The Morgan fingerprint density at radius 2 is 1.54 bits per heavy atom. The van der Waals surface area contributed by atoms with Crippen molar-refractivity contribution in [3.05, 3.63) is 147 Å². The number of Topliss-reactive ketones (excluding diaryl/α,β-unsaturated/α-hetero) is 2. The number of nitro benzene ring substituents is 1. The number of anilines is 1. The zero-order chi connectivity index (χ0) is 28.3. The number of nitrogens with zero attached hydrogens (tertiary/aromatic N) is 2. The van der Waals surface area contributed by atoms with Gasteiger partial charge in [-0.05, 0) is 28.8 Å². The highest BCUT2D eigenvalue weighted by molar-refractivity contribution is 6.16. The van der Waals surface area contributed by atoms with Crippen LogP contribution in [0.5, 0.6) is 0 Å². The highest BCUT2D eigenvalue weighted by Gasteiger charge is 2.70. The molecule has 1 spiro atoms. The van der Waals surface area contributed by atoms with E-state index in [1.54, 1.807) is 42.6 Å². The van der Waals surface area contributed by atoms with Crippen molar-refractivity contribution >= 4 is 34.9 Å². The molecule has 200 valence electrons. The third-order valence-corrected chi connectivity index (χ3v) is 8.52. The van der Waals surface area contributed by atoms with Gasteiger partial charge in [0.05, 0.1) is 16.9 Å². The van der Waals surface area contributed by atoms with Crippen LogP contribution < -0.4 is 5.32 Å². The van der Waals surface area contributed by atoms with E-state index >= 15 is 0 Å². The van der Waals surface area contributed by atoms with E-state index in [9.17, 15) is 24.5 Å². The van der Waals surface area contributed by atoms with Gasteiger partial charge in [-0.2, -0.15) is 0 Å². The summed E-state index contributed by atoms with van der Waals surface area (Å²) in [5, 5.41) is 14.6. The Labute approximate surface area is 235 Å². The van der Waals surface area contributed by atoms with Gasteiger partial charge in [0, 0.05) is 35.1 Å². The number of hydrogen-bond donors (Lipinski definition) is 1. The minimum absolute atomic E-state index is 0.102. The molecule has 0 saturated carbocycles. The van der Waals surface area contributed by atoms with Crippen molar-refractivity contribution in [1.82, 2.24) is 4.90 Å². The number of ketones is 2. The molecule has 4 aromatic rings. The Kier molecular flexibility index (Phi) is 5.47. The zero-order valence-corrected chi connectivity index (χ0v) is 21.6. The van der Waals surface area contributed by atoms with Crippen LogP contribution in [0.1, 0.15) is 43.4 Å². The van der Waals surface area contributed by atoms with Crippen LogP contribution in [0.15, 0.2) is 109 Å². The summed E-state index contributed by atoms with van der Waals surface area (Å²) in [6.07, 6.45) is 3.66. The maximum atomic E-state index is 14.6. The van der Waals surface area contributed by atoms with Crippen molar-refractivity contribution in [2.75, 3.05) is 5.32 Å². The molecule has 8 heteroatoms. The molecule has 3 aliphatic rings. The molecular weight excluding hydrogens is 518 g/mol. The van der Waals surface area contributed by atoms with Gasteiger partial charge in [0.25, 0.3) is 5.69 Å². The lowest BCUT2D eigenvalue weighted by Gasteiger charge is -2.38. The third-order valence-electron chi connectivity index (χ3n) is 8.52. The Bertz CT molecular complexity index is 1800. The molecule has 1 amide bonds. The van der Waals surface area contributed by atoms with Gasteiger partial charge in [-0.15, -0.1) is 0 Å². The Hall–Kier alpha value is -5.37. The molecule has 1 N–H and O–H groups in total. The second-order valence-electron chi connectivity index (χ2n) is 10.5. The van der Waals surface area contributed by atoms with Crippen molar-refractivity contribution in [2.24, 2.45) is 5.92 Å². The van der Waals surface area contributed by atoms with Gasteiger partial charge >= 0.3 is 0 Å². The summed E-state index contributed by atoms with van der Waals surface area (Å²) in [4.78, 5) is 56.4. The number of nitrogens with one attached hydrogen (secondary N) is 1. The fourth-order valence-electron chi connectivity index (χ4n) is 6.89. The van der Waals surface area contributed by atoms with Crippen LogP contribution in [0, 0.1) is 16.0 Å². The van der Waals surface area contributed by atoms with Crippen molar-refractivity contribution in [2.45, 2.75) is 17.5 Å². The normalized spacial score (nSPS) is 23.5. The molecule has 0 bridgehead atoms. The number of amides is 1. The molecule has 3 aliphatic heterocycles. The highest BCUT2D eigenvalue weighted by Crippen LogP contribution is 2.62. The fraction of sp³-hybridized carbons (Fsp3) is 0.121. The Balaban J connectivity index is 1.53. The van der Waals surface area contributed by atoms with Crippen molar-refractivity contribution < 1.29 is 19.3 Å². The van der Waals surface area contributed by atoms with Gasteiger partial charge in [-0.25, -0.2) is 0 Å². The molecular formula is C33H23N3O5. The summed E-state index contributed by atoms with van der Waals surface area (Å²) in [6.45, 7) is 0. The van der Waals surface area contributed by atoms with Crippen LogP contribution in [0.25, 0.3) is 6.08 Å². The summed E-state index contributed by atoms with van der Waals surface area (Å²) in [5.41, 5.74) is 1.75. The van der Waals surface area contributed by atoms with Crippen molar-refractivity contribution in [1.29, 1.82) is 0 Å². The van der Waals surface area contributed by atoms with E-state index in [0.29, 0.717) is 16.8 Å². The second-order valence-corrected chi connectivity index (χ2v) is 10.5. The van der Waals surface area contributed by atoms with Crippen LogP contribution >= 0.6 is 0 Å². The molecule has 4 aromatic carbocycles. The van der Waals surface area contributed by atoms with E-state index in [-0.39, 0.29) is 22.9 Å². The number of fused-ring (bicyclic) bond motifs is 6. The van der Waals surface area contributed by atoms with Crippen LogP contribution in [-0.2, 0) is 10.2 Å². The smallest absolute Gasteiger partial charge is 0.270 e. The molecule has 0 aliphatic carbocycles. The van der Waals surface area contributed by atoms with Crippen LogP contribution in [0.3, 0.4) is 0 Å². The lowest BCUT2D eigenvalue weighted by atomic mass is 9.62. The van der Waals surface area contributed by atoms with E-state index in [0.717, 1.165) is 11.1 Å². The lowest BCUT2D eigenvalue weighted by Crippen LogP contribution is -2.49. The Morgan fingerprint density at radius 1 is 0.829 bits per heavy atom. The third kappa shape index (κ3) is 3.43. The summed E-state index contributed by atoms with van der Waals surface area (Å²) in [7, 11) is 0. The number of non-ortho nitro benzene ring substituents is 1. The van der Waals surface area contributed by atoms with Gasteiger partial charge in [-0.1, -0.05) is 84.9 Å². The summed E-state index contributed by atoms with van der Waals surface area (Å²) in [6, 6.07) is 27.3. The van der Waals surface area contributed by atoms with Crippen LogP contribution in [0.4, 0.5) is 11.4 Å². The van der Waals surface area contributed by atoms with Gasteiger partial charge < -0.3 is 10.2 Å². The van der Waals surface area contributed by atoms with E-state index in [1.807, 2.05) is 53.4 Å². The Morgan fingerprint density at radius 3 is 2.34 bits per heavy atom. The van der Waals surface area contributed by atoms with Gasteiger partial charge in [0.1, 0.15) is 11.5 Å². The number of benzene rings is 4. The van der Waals surface area contributed by atoms with E-state index < -0.39 is 34.1 Å². The summed E-state index contributed by atoms with van der Waals surface area (Å²) in [5.74, 6) is -2.31. The average Bonchev–Trinajstić information content (AvgIpc) is 3.49. The molecule has 0 unspecified atom stereocenters. The first kappa shape index (κ1) is 24.7. The average molecular weight is 542 g/mol. The van der Waals surface area contributed by atoms with Crippen LogP contribution in [0.2, 0.25) is 0 Å². The van der Waals surface area contributed by atoms with E-state index in [1.165, 1.54) is 24.3 Å². The molecule has 0 aromatic heterocycles. The topological polar surface area (TPSA) is 110 Å². The number of rotatable bonds is 5. The second kappa shape index (κ2) is 9.09. The maximum absolute atomic E-state index is 14.6. The van der Waals surface area contributed by atoms with Gasteiger partial charge in [0.2, 0.25) is 5.91 Å². The minimum atomic E-state index is -1.45. The zero-order valence-electron chi connectivity index (χ0n) is 21.6. The molecule has 7 rings (SSSR count). The number of carbonyl (C=O) groups excluding carboxylic acids is 3. The van der Waals surface area contributed by atoms with Crippen LogP contribution in [-0.4, -0.2) is 33.3 Å². The van der Waals surface area contributed by atoms with Gasteiger partial charge in [0.15, 0.2) is 11.6 Å². The predicted molar refractivity (Wildman–Crippen MR) is 152 cm³/mol. The SMILES string of the molecule is O=C(c1cccc([N+](=O)[O-])c1)[C@@H]1[C@H](C(=O)c2ccccc2)[C@]2(C(=O)Nc3ccccc32)[C@@H]2c3ccccc3C=CN12. The van der Waals surface area contributed by atoms with Crippen molar-refractivity contribution in [3.8, 4) is 0 Å². The fourth-order valence-corrected chi connectivity index (χ4v) is 6.89. The van der Waals surface area contributed by atoms with Crippen molar-refractivity contribution in [3.63, 3.8) is 0 Å². The number of nitro groups is 1. The molecule has 3 heterocycles. The first-order chi connectivity index (χ1) is 19.9. The monoisotopic (exact) mass is 541 g/mol. The van der Waals surface area contributed by atoms with Gasteiger partial charge in [-0.3, -0.25) is 24.5 Å². The predicted octanol–water partition coefficient (Wildman–Crippen LogP) is 5.58. The number of carbonyl (C=O) groups is 3. The first-order valence-corrected chi connectivity index (χ1v) is 13.3. The molecule has 4 atom stereocenters. The molecule has 1 fully saturated rings. The number of hydrogen-bond acceptors (Lipinski definition) is 6. The quantitative estimate of drug-likeness (QED) is 0.201. The molecule has 8 nitrogen and oxygen atoms in total. The molecule has 41 heavy (non-hydrogen) atoms. The molecule has 1 saturated heterocycles. The number of para-hydroxylation sites is 1. The standard InChI is InChI=1S/C33H23N3O5/c37-29(21-10-2-1-3-11-21)27-28(30(38)22-12-8-13-23(19-22)36(40)41)35-18-17-20-9-4-5-14-24(20)31(35)33(27)25-15-6-7-16-26(25)34-32(33)39/h1-19,27-28,31H,(H,34,39)/t27-,28+,31+,33+/m1/s1. The van der Waals surface area contributed by atoms with E-state index in [2.05, 4.69) is 5.32 Å². The summed E-state index contributed by atoms with van der Waals surface area (Å²) >= 11 is 0. The minimum Gasteiger partial charge on any atom is -0.358 e. The molecule has 0 radical (unpaired) electrons. The lowest BCUT2D eigenvalue weighted by molar-refractivity contribution is -0.384. The largest absolute Gasteiger partial charge is 0.358 e. The highest BCUT2D eigenvalue weighted by atomic mass is 16.6. The first-order valence-electron chi connectivity index (χ1n) is 13.3.